The van der Waals surface area contributed by atoms with Crippen LogP contribution in [0.15, 0.2) is 36.4 Å². The van der Waals surface area contributed by atoms with E-state index < -0.39 is 17.6 Å². The van der Waals surface area contributed by atoms with E-state index in [1.54, 1.807) is 13.0 Å². The zero-order valence-corrected chi connectivity index (χ0v) is 15.7. The van der Waals surface area contributed by atoms with E-state index in [1.807, 2.05) is 0 Å². The number of hydrogen-bond acceptors (Lipinski definition) is 2. The number of esters is 1. The highest BCUT2D eigenvalue weighted by Gasteiger charge is 2.23. The van der Waals surface area contributed by atoms with Crippen molar-refractivity contribution in [3.8, 4) is 5.75 Å². The standard InChI is InChI=1S/C21H21F2O2Si/c1-13-2-8-17(11-19(13)22)25-21(24)18-9-7-16(10-20(18)23)15-5-3-14(12-26)4-6-15/h2,7-11,14-15H,3-6,12H2,1H3. The van der Waals surface area contributed by atoms with Crippen LogP contribution in [0, 0.1) is 24.5 Å². The van der Waals surface area contributed by atoms with E-state index in [0.29, 0.717) is 17.4 Å². The number of ether oxygens (including phenoxy) is 1. The molecule has 0 aliphatic heterocycles. The van der Waals surface area contributed by atoms with Gasteiger partial charge in [-0.15, -0.1) is 0 Å². The zero-order chi connectivity index (χ0) is 18.7. The Morgan fingerprint density at radius 1 is 1.08 bits per heavy atom. The van der Waals surface area contributed by atoms with Crippen molar-refractivity contribution in [1.29, 1.82) is 0 Å². The van der Waals surface area contributed by atoms with Crippen molar-refractivity contribution in [2.24, 2.45) is 5.92 Å². The number of rotatable bonds is 4. The summed E-state index contributed by atoms with van der Waals surface area (Å²) in [5.74, 6) is -0.797. The zero-order valence-electron chi connectivity index (χ0n) is 14.7. The van der Waals surface area contributed by atoms with E-state index in [4.69, 9.17) is 4.74 Å². The molecule has 0 saturated heterocycles. The monoisotopic (exact) mass is 371 g/mol. The molecule has 0 atom stereocenters. The van der Waals surface area contributed by atoms with E-state index >= 15 is 0 Å². The highest BCUT2D eigenvalue weighted by molar-refractivity contribution is 6.08. The molecule has 5 heteroatoms. The van der Waals surface area contributed by atoms with Gasteiger partial charge in [0.05, 0.1) is 5.56 Å². The van der Waals surface area contributed by atoms with Crippen molar-refractivity contribution >= 4 is 16.2 Å². The molecule has 1 saturated carbocycles. The predicted octanol–water partition coefficient (Wildman–Crippen LogP) is 5.35. The van der Waals surface area contributed by atoms with Crippen molar-refractivity contribution < 1.29 is 18.3 Å². The Labute approximate surface area is 156 Å². The number of carbonyl (C=O) groups excluding carboxylic acids is 1. The average Bonchev–Trinajstić information content (AvgIpc) is 2.64. The first-order valence-electron chi connectivity index (χ1n) is 8.90. The molecule has 2 nitrogen and oxygen atoms in total. The molecule has 0 heterocycles. The fourth-order valence-corrected chi connectivity index (χ4v) is 3.86. The number of benzene rings is 2. The maximum Gasteiger partial charge on any atom is 0.346 e. The van der Waals surface area contributed by atoms with Crippen LogP contribution in [0.25, 0.3) is 0 Å². The number of halogens is 2. The summed E-state index contributed by atoms with van der Waals surface area (Å²) in [6.45, 7) is 1.62. The molecule has 3 radical (unpaired) electrons. The molecule has 0 aromatic heterocycles. The largest absolute Gasteiger partial charge is 0.423 e. The molecule has 1 aliphatic rings. The summed E-state index contributed by atoms with van der Waals surface area (Å²) in [4.78, 5) is 12.2. The van der Waals surface area contributed by atoms with Crippen molar-refractivity contribution in [2.45, 2.75) is 44.6 Å². The molecule has 3 rings (SSSR count). The van der Waals surface area contributed by atoms with Crippen molar-refractivity contribution in [1.82, 2.24) is 0 Å². The minimum absolute atomic E-state index is 0.0643. The summed E-state index contributed by atoms with van der Waals surface area (Å²) in [5.41, 5.74) is 1.24. The van der Waals surface area contributed by atoms with Gasteiger partial charge in [-0.1, -0.05) is 31.0 Å². The normalized spacial score (nSPS) is 20.0. The lowest BCUT2D eigenvalue weighted by atomic mass is 9.79. The Hall–Kier alpha value is -2.01. The maximum atomic E-state index is 14.5. The molecule has 2 aromatic rings. The van der Waals surface area contributed by atoms with Crippen molar-refractivity contribution in [3.05, 3.63) is 64.7 Å². The van der Waals surface area contributed by atoms with Crippen LogP contribution in [0.4, 0.5) is 8.78 Å². The van der Waals surface area contributed by atoms with Crippen molar-refractivity contribution in [3.63, 3.8) is 0 Å². The molecule has 135 valence electrons. The summed E-state index contributed by atoms with van der Waals surface area (Å²) >= 11 is 0. The van der Waals surface area contributed by atoms with Crippen LogP contribution >= 0.6 is 0 Å². The molecule has 0 bridgehead atoms. The van der Waals surface area contributed by atoms with E-state index in [2.05, 4.69) is 10.2 Å². The third kappa shape index (κ3) is 4.21. The minimum Gasteiger partial charge on any atom is -0.423 e. The maximum absolute atomic E-state index is 14.5. The lowest BCUT2D eigenvalue weighted by Crippen LogP contribution is -2.15. The third-order valence-electron chi connectivity index (χ3n) is 5.17. The van der Waals surface area contributed by atoms with Crippen LogP contribution in [-0.2, 0) is 0 Å². The van der Waals surface area contributed by atoms with Crippen LogP contribution < -0.4 is 4.74 Å². The van der Waals surface area contributed by atoms with Gasteiger partial charge in [0.2, 0.25) is 0 Å². The molecular formula is C21H21F2O2Si. The Morgan fingerprint density at radius 2 is 1.81 bits per heavy atom. The highest BCUT2D eigenvalue weighted by atomic mass is 28.1. The Balaban J connectivity index is 1.70. The second kappa shape index (κ2) is 8.12. The molecular weight excluding hydrogens is 350 g/mol. The van der Waals surface area contributed by atoms with Crippen molar-refractivity contribution in [2.75, 3.05) is 0 Å². The van der Waals surface area contributed by atoms with Gasteiger partial charge in [-0.25, -0.2) is 13.6 Å². The van der Waals surface area contributed by atoms with Crippen LogP contribution in [-0.4, -0.2) is 16.2 Å². The van der Waals surface area contributed by atoms with Gasteiger partial charge in [-0.3, -0.25) is 0 Å². The molecule has 1 fully saturated rings. The summed E-state index contributed by atoms with van der Waals surface area (Å²) < 4.78 is 33.1. The molecule has 2 aromatic carbocycles. The van der Waals surface area contributed by atoms with Gasteiger partial charge in [0.25, 0.3) is 0 Å². The number of hydrogen-bond donors (Lipinski definition) is 0. The first-order valence-corrected chi connectivity index (χ1v) is 9.61. The van der Waals surface area contributed by atoms with E-state index in [9.17, 15) is 13.6 Å². The summed E-state index contributed by atoms with van der Waals surface area (Å²) in [5, 5.41) is 0. The van der Waals surface area contributed by atoms with Gasteiger partial charge in [0, 0.05) is 16.3 Å². The molecule has 26 heavy (non-hydrogen) atoms. The Morgan fingerprint density at radius 3 is 2.42 bits per heavy atom. The topological polar surface area (TPSA) is 26.3 Å². The lowest BCUT2D eigenvalue weighted by molar-refractivity contribution is 0.0729. The second-order valence-electron chi connectivity index (χ2n) is 6.96. The molecule has 0 N–H and O–H groups in total. The van der Waals surface area contributed by atoms with Gasteiger partial charge in [-0.05, 0) is 60.9 Å². The fraction of sp³-hybridized carbons (Fsp3) is 0.381. The predicted molar refractivity (Wildman–Crippen MR) is 97.8 cm³/mol. The van der Waals surface area contributed by atoms with Gasteiger partial charge < -0.3 is 4.74 Å². The van der Waals surface area contributed by atoms with Gasteiger partial charge >= 0.3 is 5.97 Å². The van der Waals surface area contributed by atoms with Gasteiger partial charge in [-0.2, -0.15) is 0 Å². The number of aryl methyl sites for hydroxylation is 1. The van der Waals surface area contributed by atoms with E-state index in [0.717, 1.165) is 43.4 Å². The second-order valence-corrected chi connectivity index (χ2v) is 7.37. The van der Waals surface area contributed by atoms with E-state index in [-0.39, 0.29) is 11.3 Å². The Bertz CT molecular complexity index is 799. The minimum atomic E-state index is -0.819. The van der Waals surface area contributed by atoms with Crippen LogP contribution in [0.1, 0.15) is 53.1 Å². The highest BCUT2D eigenvalue weighted by Crippen LogP contribution is 2.37. The first kappa shape index (κ1) is 18.8. The SMILES string of the molecule is Cc1ccc(OC(=O)c2ccc(C3CCC(C[Si])CC3)cc2F)cc1F. The quantitative estimate of drug-likeness (QED) is 0.411. The summed E-state index contributed by atoms with van der Waals surface area (Å²) in [6, 6.07) is 9.84. The third-order valence-corrected chi connectivity index (χ3v) is 5.75. The molecule has 0 amide bonds. The smallest absolute Gasteiger partial charge is 0.346 e. The lowest BCUT2D eigenvalue weighted by Gasteiger charge is -2.28. The van der Waals surface area contributed by atoms with Gasteiger partial charge in [0.15, 0.2) is 0 Å². The first-order chi connectivity index (χ1) is 12.5. The summed E-state index contributed by atoms with van der Waals surface area (Å²) in [6.07, 6.45) is 4.30. The average molecular weight is 371 g/mol. The van der Waals surface area contributed by atoms with Crippen LogP contribution in [0.2, 0.25) is 6.04 Å². The van der Waals surface area contributed by atoms with Crippen LogP contribution in [0.5, 0.6) is 5.75 Å². The molecule has 0 unspecified atom stereocenters. The van der Waals surface area contributed by atoms with Gasteiger partial charge in [0.1, 0.15) is 17.4 Å². The fourth-order valence-electron chi connectivity index (χ4n) is 3.45. The van der Waals surface area contributed by atoms with E-state index in [1.165, 1.54) is 24.3 Å². The Kier molecular flexibility index (Phi) is 5.86. The number of carbonyl (C=O) groups is 1. The molecule has 0 spiro atoms. The molecule has 1 aliphatic carbocycles. The van der Waals surface area contributed by atoms with Crippen LogP contribution in [0.3, 0.4) is 0 Å². The summed E-state index contributed by atoms with van der Waals surface area (Å²) in [7, 11) is 3.57.